The summed E-state index contributed by atoms with van der Waals surface area (Å²) in [7, 11) is 0. The fraction of sp³-hybridized carbons (Fsp3) is 0.316. The van der Waals surface area contributed by atoms with E-state index >= 15 is 0 Å². The van der Waals surface area contributed by atoms with Crippen molar-refractivity contribution in [1.82, 2.24) is 5.32 Å². The third kappa shape index (κ3) is 4.98. The Labute approximate surface area is 142 Å². The highest BCUT2D eigenvalue weighted by Crippen LogP contribution is 2.27. The van der Waals surface area contributed by atoms with Crippen molar-refractivity contribution in [1.29, 1.82) is 0 Å². The fourth-order valence-corrected chi connectivity index (χ4v) is 2.36. The monoisotopic (exact) mass is 330 g/mol. The highest BCUT2D eigenvalue weighted by molar-refractivity contribution is 5.91. The van der Waals surface area contributed by atoms with Crippen LogP contribution in [0.5, 0.6) is 5.75 Å². The number of rotatable bonds is 6. The molecule has 0 fully saturated rings. The number of carbonyl (C=O) groups excluding carboxylic acids is 1. The van der Waals surface area contributed by atoms with Crippen LogP contribution in [0, 0.1) is 12.7 Å². The lowest BCUT2D eigenvalue weighted by Crippen LogP contribution is -2.32. The van der Waals surface area contributed by atoms with Gasteiger partial charge in [-0.1, -0.05) is 32.0 Å². The van der Waals surface area contributed by atoms with Gasteiger partial charge in [0.1, 0.15) is 18.2 Å². The van der Waals surface area contributed by atoms with E-state index in [-0.39, 0.29) is 11.8 Å². The molecule has 0 aliphatic rings. The summed E-state index contributed by atoms with van der Waals surface area (Å²) in [6.07, 6.45) is 0. The van der Waals surface area contributed by atoms with Crippen LogP contribution in [0.3, 0.4) is 0 Å². The first kappa shape index (κ1) is 17.8. The molecule has 0 atom stereocenters. The standard InChI is InChI=1S/C19H23FN2O2/c1-13(2)17-6-4-5-14(3)18(17)22-19(23)21-11-12-24-16-9-7-15(20)8-10-16/h4-10,13H,11-12H2,1-3H3,(H2,21,22,23). The molecule has 0 saturated carbocycles. The second-order valence-electron chi connectivity index (χ2n) is 5.88. The number of hydrogen-bond donors (Lipinski definition) is 2. The van der Waals surface area contributed by atoms with Gasteiger partial charge in [0.25, 0.3) is 0 Å². The van der Waals surface area contributed by atoms with Crippen LogP contribution in [0.4, 0.5) is 14.9 Å². The molecule has 2 N–H and O–H groups in total. The van der Waals surface area contributed by atoms with Gasteiger partial charge < -0.3 is 15.4 Å². The van der Waals surface area contributed by atoms with Gasteiger partial charge in [0.15, 0.2) is 0 Å². The van der Waals surface area contributed by atoms with Gasteiger partial charge in [-0.2, -0.15) is 0 Å². The Hall–Kier alpha value is -2.56. The lowest BCUT2D eigenvalue weighted by Gasteiger charge is -2.17. The van der Waals surface area contributed by atoms with Crippen molar-refractivity contribution in [2.45, 2.75) is 26.7 Å². The van der Waals surface area contributed by atoms with E-state index < -0.39 is 0 Å². The first-order valence-corrected chi connectivity index (χ1v) is 8.00. The zero-order valence-electron chi connectivity index (χ0n) is 14.2. The van der Waals surface area contributed by atoms with Crippen LogP contribution in [-0.4, -0.2) is 19.2 Å². The molecule has 0 heterocycles. The smallest absolute Gasteiger partial charge is 0.319 e. The zero-order chi connectivity index (χ0) is 17.5. The molecule has 0 bridgehead atoms. The highest BCUT2D eigenvalue weighted by atomic mass is 19.1. The molecule has 0 spiro atoms. The van der Waals surface area contributed by atoms with Crippen LogP contribution in [0.1, 0.15) is 30.9 Å². The van der Waals surface area contributed by atoms with Crippen LogP contribution >= 0.6 is 0 Å². The van der Waals surface area contributed by atoms with Crippen molar-refractivity contribution in [3.8, 4) is 5.75 Å². The minimum Gasteiger partial charge on any atom is -0.492 e. The molecule has 5 heteroatoms. The minimum atomic E-state index is -0.306. The maximum atomic E-state index is 12.8. The molecule has 2 aromatic rings. The quantitative estimate of drug-likeness (QED) is 0.768. The molecular formula is C19H23FN2O2. The third-order valence-corrected chi connectivity index (χ3v) is 3.64. The summed E-state index contributed by atoms with van der Waals surface area (Å²) in [4.78, 5) is 12.1. The number of nitrogens with one attached hydrogen (secondary N) is 2. The van der Waals surface area contributed by atoms with Gasteiger partial charge in [0, 0.05) is 5.69 Å². The van der Waals surface area contributed by atoms with Crippen molar-refractivity contribution in [3.63, 3.8) is 0 Å². The molecule has 2 aromatic carbocycles. The highest BCUT2D eigenvalue weighted by Gasteiger charge is 2.11. The molecule has 0 radical (unpaired) electrons. The molecule has 4 nitrogen and oxygen atoms in total. The number of urea groups is 1. The molecule has 0 unspecified atom stereocenters. The van der Waals surface area contributed by atoms with Crippen molar-refractivity contribution in [2.75, 3.05) is 18.5 Å². The van der Waals surface area contributed by atoms with E-state index in [1.165, 1.54) is 12.1 Å². The van der Waals surface area contributed by atoms with E-state index in [0.717, 1.165) is 16.8 Å². The molecule has 0 saturated heterocycles. The summed E-state index contributed by atoms with van der Waals surface area (Å²) >= 11 is 0. The average molecular weight is 330 g/mol. The second-order valence-corrected chi connectivity index (χ2v) is 5.88. The maximum absolute atomic E-state index is 12.8. The number of anilines is 1. The Morgan fingerprint density at radius 3 is 2.54 bits per heavy atom. The topological polar surface area (TPSA) is 50.4 Å². The number of amides is 2. The number of para-hydroxylation sites is 1. The number of hydrogen-bond acceptors (Lipinski definition) is 2. The van der Waals surface area contributed by atoms with Gasteiger partial charge in [-0.15, -0.1) is 0 Å². The van der Waals surface area contributed by atoms with Crippen molar-refractivity contribution in [2.24, 2.45) is 0 Å². The molecule has 2 amide bonds. The summed E-state index contributed by atoms with van der Waals surface area (Å²) in [6, 6.07) is 11.5. The lowest BCUT2D eigenvalue weighted by atomic mass is 9.98. The van der Waals surface area contributed by atoms with Gasteiger partial charge in [-0.3, -0.25) is 0 Å². The van der Waals surface area contributed by atoms with E-state index in [1.54, 1.807) is 12.1 Å². The predicted octanol–water partition coefficient (Wildman–Crippen LogP) is 4.46. The molecule has 0 aromatic heterocycles. The molecule has 0 aliphatic carbocycles. The van der Waals surface area contributed by atoms with Gasteiger partial charge in [-0.05, 0) is 48.2 Å². The Balaban J connectivity index is 1.82. The Morgan fingerprint density at radius 2 is 1.88 bits per heavy atom. The van der Waals surface area contributed by atoms with Crippen LogP contribution in [-0.2, 0) is 0 Å². The van der Waals surface area contributed by atoms with E-state index in [1.807, 2.05) is 25.1 Å². The normalized spacial score (nSPS) is 10.5. The average Bonchev–Trinajstić information content (AvgIpc) is 2.55. The molecule has 24 heavy (non-hydrogen) atoms. The van der Waals surface area contributed by atoms with Gasteiger partial charge in [0.2, 0.25) is 0 Å². The number of carbonyl (C=O) groups is 1. The number of ether oxygens (including phenoxy) is 1. The maximum Gasteiger partial charge on any atom is 0.319 e. The van der Waals surface area contributed by atoms with Gasteiger partial charge >= 0.3 is 6.03 Å². The van der Waals surface area contributed by atoms with E-state index in [2.05, 4.69) is 24.5 Å². The summed E-state index contributed by atoms with van der Waals surface area (Å²) < 4.78 is 18.2. The summed E-state index contributed by atoms with van der Waals surface area (Å²) in [5.41, 5.74) is 2.98. The minimum absolute atomic E-state index is 0.270. The van der Waals surface area contributed by atoms with Crippen molar-refractivity contribution in [3.05, 3.63) is 59.4 Å². The largest absolute Gasteiger partial charge is 0.492 e. The van der Waals surface area contributed by atoms with E-state index in [0.29, 0.717) is 24.8 Å². The zero-order valence-corrected chi connectivity index (χ0v) is 14.2. The first-order chi connectivity index (χ1) is 11.5. The number of halogens is 1. The Bertz CT molecular complexity index is 684. The van der Waals surface area contributed by atoms with E-state index in [4.69, 9.17) is 4.74 Å². The van der Waals surface area contributed by atoms with E-state index in [9.17, 15) is 9.18 Å². The van der Waals surface area contributed by atoms with Crippen LogP contribution in [0.15, 0.2) is 42.5 Å². The SMILES string of the molecule is Cc1cccc(C(C)C)c1NC(=O)NCCOc1ccc(F)cc1. The summed E-state index contributed by atoms with van der Waals surface area (Å²) in [6.45, 7) is 6.82. The van der Waals surface area contributed by atoms with Crippen LogP contribution in [0.25, 0.3) is 0 Å². The lowest BCUT2D eigenvalue weighted by molar-refractivity contribution is 0.247. The van der Waals surface area contributed by atoms with Crippen molar-refractivity contribution < 1.29 is 13.9 Å². The van der Waals surface area contributed by atoms with Crippen LogP contribution in [0.2, 0.25) is 0 Å². The third-order valence-electron chi connectivity index (χ3n) is 3.64. The van der Waals surface area contributed by atoms with Gasteiger partial charge in [0.05, 0.1) is 6.54 Å². The molecule has 2 rings (SSSR count). The molecule has 128 valence electrons. The first-order valence-electron chi connectivity index (χ1n) is 8.00. The predicted molar refractivity (Wildman–Crippen MR) is 94.2 cm³/mol. The summed E-state index contributed by atoms with van der Waals surface area (Å²) in [5.74, 6) is 0.584. The van der Waals surface area contributed by atoms with Gasteiger partial charge in [-0.25, -0.2) is 9.18 Å². The molecular weight excluding hydrogens is 307 g/mol. The molecule has 0 aliphatic heterocycles. The second kappa shape index (κ2) is 8.34. The number of benzene rings is 2. The van der Waals surface area contributed by atoms with Crippen molar-refractivity contribution >= 4 is 11.7 Å². The Kier molecular flexibility index (Phi) is 6.18. The Morgan fingerprint density at radius 1 is 1.17 bits per heavy atom. The number of aryl methyl sites for hydroxylation is 1. The van der Waals surface area contributed by atoms with Crippen LogP contribution < -0.4 is 15.4 Å². The fourth-order valence-electron chi connectivity index (χ4n) is 2.36. The summed E-state index contributed by atoms with van der Waals surface area (Å²) in [5, 5.41) is 5.67.